The molecule has 2 aliphatic heterocycles. The van der Waals surface area contributed by atoms with Gasteiger partial charge in [0.1, 0.15) is 0 Å². The van der Waals surface area contributed by atoms with E-state index in [1.54, 1.807) is 0 Å². The van der Waals surface area contributed by atoms with Crippen molar-refractivity contribution in [2.24, 2.45) is 5.92 Å². The van der Waals surface area contributed by atoms with Crippen LogP contribution in [0.2, 0.25) is 0 Å². The number of hydrogen-bond donors (Lipinski definition) is 1. The van der Waals surface area contributed by atoms with Crippen molar-refractivity contribution < 1.29 is 9.84 Å². The summed E-state index contributed by atoms with van der Waals surface area (Å²) in [5.74, 6) is 0.841. The lowest BCUT2D eigenvalue weighted by Crippen LogP contribution is -2.41. The molecule has 3 nitrogen and oxygen atoms in total. The van der Waals surface area contributed by atoms with E-state index in [1.807, 2.05) is 0 Å². The van der Waals surface area contributed by atoms with Crippen molar-refractivity contribution in [3.63, 3.8) is 0 Å². The van der Waals surface area contributed by atoms with Crippen molar-refractivity contribution in [3.05, 3.63) is 0 Å². The van der Waals surface area contributed by atoms with E-state index in [4.69, 9.17) is 4.74 Å². The Labute approximate surface area is 79.7 Å². The highest BCUT2D eigenvalue weighted by Crippen LogP contribution is 2.24. The zero-order valence-corrected chi connectivity index (χ0v) is 8.28. The topological polar surface area (TPSA) is 32.7 Å². The van der Waals surface area contributed by atoms with Crippen LogP contribution in [0.15, 0.2) is 0 Å². The summed E-state index contributed by atoms with van der Waals surface area (Å²) in [7, 11) is 0. The Hall–Kier alpha value is -0.120. The van der Waals surface area contributed by atoms with Crippen molar-refractivity contribution in [3.8, 4) is 0 Å². The molecule has 2 heterocycles. The molecule has 2 saturated heterocycles. The third kappa shape index (κ3) is 1.87. The van der Waals surface area contributed by atoms with E-state index in [0.717, 1.165) is 25.6 Å². The number of aliphatic hydroxyl groups is 1. The minimum atomic E-state index is -0.254. The molecule has 0 aliphatic carbocycles. The number of ether oxygens (including phenoxy) is 1. The monoisotopic (exact) mass is 185 g/mol. The van der Waals surface area contributed by atoms with Crippen molar-refractivity contribution in [1.29, 1.82) is 0 Å². The highest BCUT2D eigenvalue weighted by atomic mass is 16.5. The van der Waals surface area contributed by atoms with E-state index in [9.17, 15) is 5.11 Å². The maximum atomic E-state index is 9.64. The average Bonchev–Trinajstić information content (AvgIpc) is 2.71. The van der Waals surface area contributed by atoms with Crippen LogP contribution in [0.25, 0.3) is 0 Å². The second kappa shape index (κ2) is 3.95. The first kappa shape index (κ1) is 9.44. The Morgan fingerprint density at radius 1 is 1.46 bits per heavy atom. The SMILES string of the molecule is CCC1CCN(C2COCC2O)C1. The minimum Gasteiger partial charge on any atom is -0.389 e. The summed E-state index contributed by atoms with van der Waals surface area (Å²) in [4.78, 5) is 2.39. The van der Waals surface area contributed by atoms with Crippen molar-refractivity contribution in [1.82, 2.24) is 4.90 Å². The van der Waals surface area contributed by atoms with Crippen LogP contribution in [-0.2, 0) is 4.74 Å². The van der Waals surface area contributed by atoms with Crippen LogP contribution in [0.5, 0.6) is 0 Å². The van der Waals surface area contributed by atoms with E-state index in [0.29, 0.717) is 6.61 Å². The molecule has 1 N–H and O–H groups in total. The molecule has 76 valence electrons. The maximum absolute atomic E-state index is 9.64. The van der Waals surface area contributed by atoms with E-state index in [2.05, 4.69) is 11.8 Å². The van der Waals surface area contributed by atoms with Gasteiger partial charge in [0.25, 0.3) is 0 Å². The molecule has 13 heavy (non-hydrogen) atoms. The molecule has 0 spiro atoms. The first-order chi connectivity index (χ1) is 6.31. The van der Waals surface area contributed by atoms with Crippen LogP contribution in [0, 0.1) is 5.92 Å². The number of likely N-dealkylation sites (tertiary alicyclic amines) is 1. The Balaban J connectivity index is 1.88. The molecule has 2 rings (SSSR count). The lowest BCUT2D eigenvalue weighted by atomic mass is 10.1. The van der Waals surface area contributed by atoms with E-state index in [-0.39, 0.29) is 12.1 Å². The van der Waals surface area contributed by atoms with Gasteiger partial charge >= 0.3 is 0 Å². The molecular weight excluding hydrogens is 166 g/mol. The van der Waals surface area contributed by atoms with Crippen LogP contribution < -0.4 is 0 Å². The van der Waals surface area contributed by atoms with Gasteiger partial charge in [-0.2, -0.15) is 0 Å². The standard InChI is InChI=1S/C10H19NO2/c1-2-8-3-4-11(5-8)9-6-13-7-10(9)12/h8-10,12H,2-7H2,1H3. The van der Waals surface area contributed by atoms with Gasteiger partial charge in [-0.15, -0.1) is 0 Å². The first-order valence-corrected chi connectivity index (χ1v) is 5.31. The minimum absolute atomic E-state index is 0.254. The van der Waals surface area contributed by atoms with Crippen LogP contribution in [0.1, 0.15) is 19.8 Å². The number of hydrogen-bond acceptors (Lipinski definition) is 3. The lowest BCUT2D eigenvalue weighted by Gasteiger charge is -2.24. The predicted octanol–water partition coefficient (Wildman–Crippen LogP) is 0.478. The van der Waals surface area contributed by atoms with E-state index in [1.165, 1.54) is 12.8 Å². The largest absolute Gasteiger partial charge is 0.389 e. The molecule has 0 aromatic carbocycles. The third-order valence-corrected chi connectivity index (χ3v) is 3.39. The fraction of sp³-hybridized carbons (Fsp3) is 1.00. The van der Waals surface area contributed by atoms with Crippen LogP contribution >= 0.6 is 0 Å². The smallest absolute Gasteiger partial charge is 0.0950 e. The quantitative estimate of drug-likeness (QED) is 0.679. The molecule has 3 unspecified atom stereocenters. The molecule has 0 aromatic heterocycles. The van der Waals surface area contributed by atoms with E-state index < -0.39 is 0 Å². The molecule has 0 bridgehead atoms. The second-order valence-electron chi connectivity index (χ2n) is 4.23. The highest BCUT2D eigenvalue weighted by Gasteiger charge is 2.35. The predicted molar refractivity (Wildman–Crippen MR) is 50.6 cm³/mol. The summed E-state index contributed by atoms with van der Waals surface area (Å²) in [6.45, 7) is 5.79. The molecule has 0 radical (unpaired) electrons. The summed E-state index contributed by atoms with van der Waals surface area (Å²) in [6, 6.07) is 0.275. The van der Waals surface area contributed by atoms with Crippen LogP contribution in [0.3, 0.4) is 0 Å². The van der Waals surface area contributed by atoms with Crippen LogP contribution in [0.4, 0.5) is 0 Å². The zero-order valence-electron chi connectivity index (χ0n) is 8.28. The Morgan fingerprint density at radius 3 is 2.85 bits per heavy atom. The normalized spacial score (nSPS) is 41.5. The van der Waals surface area contributed by atoms with Crippen molar-refractivity contribution in [2.45, 2.75) is 31.9 Å². The maximum Gasteiger partial charge on any atom is 0.0950 e. The zero-order chi connectivity index (χ0) is 9.26. The van der Waals surface area contributed by atoms with Gasteiger partial charge in [0.15, 0.2) is 0 Å². The molecule has 3 heteroatoms. The molecule has 0 amide bonds. The van der Waals surface area contributed by atoms with E-state index >= 15 is 0 Å². The second-order valence-corrected chi connectivity index (χ2v) is 4.23. The summed E-state index contributed by atoms with van der Waals surface area (Å²) in [5, 5.41) is 9.64. The summed E-state index contributed by atoms with van der Waals surface area (Å²) in [6.07, 6.45) is 2.30. The van der Waals surface area contributed by atoms with Crippen molar-refractivity contribution >= 4 is 0 Å². The van der Waals surface area contributed by atoms with Gasteiger partial charge in [0.05, 0.1) is 25.4 Å². The van der Waals surface area contributed by atoms with Gasteiger partial charge in [-0.3, -0.25) is 4.90 Å². The Kier molecular flexibility index (Phi) is 2.86. The fourth-order valence-corrected chi connectivity index (χ4v) is 2.38. The molecule has 2 fully saturated rings. The molecule has 2 aliphatic rings. The average molecular weight is 185 g/mol. The van der Waals surface area contributed by atoms with Crippen LogP contribution in [-0.4, -0.2) is 48.5 Å². The molecular formula is C10H19NO2. The molecule has 3 atom stereocenters. The summed E-state index contributed by atoms with van der Waals surface area (Å²) in [5.41, 5.74) is 0. The van der Waals surface area contributed by atoms with Gasteiger partial charge in [-0.25, -0.2) is 0 Å². The summed E-state index contributed by atoms with van der Waals surface area (Å²) >= 11 is 0. The third-order valence-electron chi connectivity index (χ3n) is 3.39. The fourth-order valence-electron chi connectivity index (χ4n) is 2.38. The molecule has 0 saturated carbocycles. The Morgan fingerprint density at radius 2 is 2.31 bits per heavy atom. The van der Waals surface area contributed by atoms with Gasteiger partial charge in [0, 0.05) is 6.54 Å². The van der Waals surface area contributed by atoms with Crippen molar-refractivity contribution in [2.75, 3.05) is 26.3 Å². The Bertz CT molecular complexity index is 174. The van der Waals surface area contributed by atoms with Gasteiger partial charge in [-0.1, -0.05) is 13.3 Å². The van der Waals surface area contributed by atoms with Gasteiger partial charge in [0.2, 0.25) is 0 Å². The number of rotatable bonds is 2. The molecule has 0 aromatic rings. The number of aliphatic hydroxyl groups excluding tert-OH is 1. The highest BCUT2D eigenvalue weighted by molar-refractivity contribution is 4.88. The summed E-state index contributed by atoms with van der Waals surface area (Å²) < 4.78 is 5.26. The number of nitrogens with zero attached hydrogens (tertiary/aromatic N) is 1. The lowest BCUT2D eigenvalue weighted by molar-refractivity contribution is 0.0929. The first-order valence-electron chi connectivity index (χ1n) is 5.31. The van der Waals surface area contributed by atoms with Gasteiger partial charge < -0.3 is 9.84 Å². The van der Waals surface area contributed by atoms with Gasteiger partial charge in [-0.05, 0) is 18.9 Å².